The number of aromatic carboxylic acids is 1. The number of carboxylic acid groups (broad SMARTS) is 1. The van der Waals surface area contributed by atoms with E-state index in [4.69, 9.17) is 28.3 Å². The zero-order valence-corrected chi connectivity index (χ0v) is 11.8. The fourth-order valence-corrected chi connectivity index (χ4v) is 2.06. The summed E-state index contributed by atoms with van der Waals surface area (Å²) in [6, 6.07) is 11.3. The van der Waals surface area contributed by atoms with Crippen LogP contribution in [0.15, 0.2) is 52.7 Å². The predicted octanol–water partition coefficient (Wildman–Crippen LogP) is 4.98. The van der Waals surface area contributed by atoms with Crippen LogP contribution in [0, 0.1) is 0 Å². The van der Waals surface area contributed by atoms with Crippen molar-refractivity contribution in [1.82, 2.24) is 0 Å². The quantitative estimate of drug-likeness (QED) is 0.810. The number of carboxylic acids is 1. The Labute approximate surface area is 125 Å². The summed E-state index contributed by atoms with van der Waals surface area (Å²) in [6.07, 6.45) is 0. The van der Waals surface area contributed by atoms with Crippen LogP contribution in [0.3, 0.4) is 0 Å². The molecule has 0 fully saturated rings. The van der Waals surface area contributed by atoms with E-state index < -0.39 is 5.97 Å². The molecule has 0 atom stereocenters. The molecular formula is C14H10Cl2N2O2. The highest BCUT2D eigenvalue weighted by atomic mass is 35.5. The van der Waals surface area contributed by atoms with Gasteiger partial charge in [-0.15, -0.1) is 0 Å². The van der Waals surface area contributed by atoms with Crippen LogP contribution in [-0.2, 0) is 6.54 Å². The molecule has 0 bridgehead atoms. The van der Waals surface area contributed by atoms with E-state index in [0.29, 0.717) is 21.3 Å². The van der Waals surface area contributed by atoms with Gasteiger partial charge in [0.25, 0.3) is 0 Å². The number of benzene rings is 2. The Bertz CT molecular complexity index is 634. The molecule has 1 N–H and O–H groups in total. The van der Waals surface area contributed by atoms with Crippen molar-refractivity contribution in [3.63, 3.8) is 0 Å². The molecule has 102 valence electrons. The molecule has 0 saturated heterocycles. The second-order valence-corrected chi connectivity index (χ2v) is 4.77. The van der Waals surface area contributed by atoms with Crippen LogP contribution in [0.1, 0.15) is 15.9 Å². The average Bonchev–Trinajstić information content (AvgIpc) is 2.42. The highest BCUT2D eigenvalue weighted by Crippen LogP contribution is 2.25. The minimum atomic E-state index is -0.976. The van der Waals surface area contributed by atoms with Crippen molar-refractivity contribution in [2.45, 2.75) is 6.54 Å². The molecule has 20 heavy (non-hydrogen) atoms. The Balaban J connectivity index is 2.08. The van der Waals surface area contributed by atoms with E-state index in [-0.39, 0.29) is 12.1 Å². The van der Waals surface area contributed by atoms with E-state index in [0.717, 1.165) is 0 Å². The topological polar surface area (TPSA) is 62.0 Å². The number of hydrogen-bond acceptors (Lipinski definition) is 3. The van der Waals surface area contributed by atoms with E-state index in [9.17, 15) is 4.79 Å². The molecule has 2 aromatic carbocycles. The maximum Gasteiger partial charge on any atom is 0.335 e. The zero-order chi connectivity index (χ0) is 14.5. The molecule has 0 heterocycles. The van der Waals surface area contributed by atoms with Gasteiger partial charge in [-0.25, -0.2) is 4.79 Å². The van der Waals surface area contributed by atoms with Gasteiger partial charge in [-0.1, -0.05) is 29.3 Å². The van der Waals surface area contributed by atoms with Gasteiger partial charge in [-0.2, -0.15) is 10.2 Å². The van der Waals surface area contributed by atoms with Crippen molar-refractivity contribution in [2.24, 2.45) is 10.2 Å². The molecule has 0 saturated carbocycles. The highest BCUT2D eigenvalue weighted by molar-refractivity contribution is 6.35. The van der Waals surface area contributed by atoms with Crippen molar-refractivity contribution in [3.8, 4) is 0 Å². The molecular weight excluding hydrogens is 299 g/mol. The zero-order valence-electron chi connectivity index (χ0n) is 10.3. The number of nitrogens with zero attached hydrogens (tertiary/aromatic N) is 2. The third kappa shape index (κ3) is 3.56. The lowest BCUT2D eigenvalue weighted by atomic mass is 10.2. The van der Waals surface area contributed by atoms with E-state index in [1.807, 2.05) is 0 Å². The van der Waals surface area contributed by atoms with Gasteiger partial charge in [0.05, 0.1) is 17.8 Å². The lowest BCUT2D eigenvalue weighted by Crippen LogP contribution is -1.94. The SMILES string of the molecule is O=C(O)c1ccc(N=NCc2c(Cl)cccc2Cl)cc1. The molecule has 0 spiro atoms. The van der Waals surface area contributed by atoms with Crippen LogP contribution in [0.2, 0.25) is 10.0 Å². The van der Waals surface area contributed by atoms with Gasteiger partial charge < -0.3 is 5.11 Å². The molecule has 2 aromatic rings. The van der Waals surface area contributed by atoms with Crippen molar-refractivity contribution in [2.75, 3.05) is 0 Å². The Hall–Kier alpha value is -1.91. The van der Waals surface area contributed by atoms with Gasteiger partial charge in [0.1, 0.15) is 0 Å². The summed E-state index contributed by atoms with van der Waals surface area (Å²) in [7, 11) is 0. The molecule has 0 aliphatic carbocycles. The Morgan fingerprint density at radius 2 is 1.65 bits per heavy atom. The highest BCUT2D eigenvalue weighted by Gasteiger charge is 2.04. The Morgan fingerprint density at radius 3 is 2.20 bits per heavy atom. The van der Waals surface area contributed by atoms with E-state index in [1.54, 1.807) is 30.3 Å². The molecule has 0 radical (unpaired) electrons. The first kappa shape index (κ1) is 14.5. The maximum absolute atomic E-state index is 10.7. The first-order chi connectivity index (χ1) is 9.58. The first-order valence-corrected chi connectivity index (χ1v) is 6.47. The van der Waals surface area contributed by atoms with Crippen LogP contribution in [0.5, 0.6) is 0 Å². The molecule has 0 aliphatic rings. The van der Waals surface area contributed by atoms with Crippen LogP contribution in [0.25, 0.3) is 0 Å². The molecule has 6 heteroatoms. The first-order valence-electron chi connectivity index (χ1n) is 5.71. The summed E-state index contributed by atoms with van der Waals surface area (Å²) < 4.78 is 0. The summed E-state index contributed by atoms with van der Waals surface area (Å²) in [4.78, 5) is 10.7. The standard InChI is InChI=1S/C14H10Cl2N2O2/c15-12-2-1-3-13(16)11(12)8-17-18-10-6-4-9(5-7-10)14(19)20/h1-7H,8H2,(H,19,20). The minimum Gasteiger partial charge on any atom is -0.478 e. The molecule has 2 rings (SSSR count). The molecule has 4 nitrogen and oxygen atoms in total. The van der Waals surface area contributed by atoms with Crippen LogP contribution in [-0.4, -0.2) is 11.1 Å². The summed E-state index contributed by atoms with van der Waals surface area (Å²) in [5.74, 6) is -0.976. The lowest BCUT2D eigenvalue weighted by molar-refractivity contribution is 0.0697. The fraction of sp³-hybridized carbons (Fsp3) is 0.0714. The Kier molecular flexibility index (Phi) is 4.71. The maximum atomic E-state index is 10.7. The summed E-state index contributed by atoms with van der Waals surface area (Å²) in [6.45, 7) is 0.263. The average molecular weight is 309 g/mol. The van der Waals surface area contributed by atoms with Crippen molar-refractivity contribution in [1.29, 1.82) is 0 Å². The summed E-state index contributed by atoms with van der Waals surface area (Å²) in [5, 5.41) is 17.9. The van der Waals surface area contributed by atoms with Crippen molar-refractivity contribution < 1.29 is 9.90 Å². The largest absolute Gasteiger partial charge is 0.478 e. The van der Waals surface area contributed by atoms with Crippen molar-refractivity contribution >= 4 is 34.9 Å². The van der Waals surface area contributed by atoms with Gasteiger partial charge in [0.15, 0.2) is 0 Å². The smallest absolute Gasteiger partial charge is 0.335 e. The van der Waals surface area contributed by atoms with Crippen molar-refractivity contribution in [3.05, 3.63) is 63.6 Å². The van der Waals surface area contributed by atoms with Crippen LogP contribution in [0.4, 0.5) is 5.69 Å². The Morgan fingerprint density at radius 1 is 1.05 bits per heavy atom. The molecule has 0 unspecified atom stereocenters. The third-order valence-corrected chi connectivity index (χ3v) is 3.30. The fourth-order valence-electron chi connectivity index (χ4n) is 1.54. The van der Waals surface area contributed by atoms with E-state index >= 15 is 0 Å². The number of hydrogen-bond donors (Lipinski definition) is 1. The molecule has 0 aromatic heterocycles. The third-order valence-electron chi connectivity index (χ3n) is 2.59. The summed E-state index contributed by atoms with van der Waals surface area (Å²) >= 11 is 12.0. The molecule has 0 aliphatic heterocycles. The summed E-state index contributed by atoms with van der Waals surface area (Å²) in [5.41, 5.74) is 1.48. The second kappa shape index (κ2) is 6.50. The molecule has 0 amide bonds. The normalized spacial score (nSPS) is 10.9. The van der Waals surface area contributed by atoms with E-state index in [1.165, 1.54) is 12.1 Å². The van der Waals surface area contributed by atoms with Crippen LogP contribution >= 0.6 is 23.2 Å². The number of carbonyl (C=O) groups is 1. The van der Waals surface area contributed by atoms with Gasteiger partial charge in [0.2, 0.25) is 0 Å². The number of rotatable bonds is 4. The predicted molar refractivity (Wildman–Crippen MR) is 78.1 cm³/mol. The number of halogens is 2. The van der Waals surface area contributed by atoms with Crippen LogP contribution < -0.4 is 0 Å². The number of azo groups is 1. The van der Waals surface area contributed by atoms with Gasteiger partial charge in [0, 0.05) is 15.6 Å². The lowest BCUT2D eigenvalue weighted by Gasteiger charge is -2.02. The van der Waals surface area contributed by atoms with Gasteiger partial charge in [-0.3, -0.25) is 0 Å². The minimum absolute atomic E-state index is 0.207. The van der Waals surface area contributed by atoms with Gasteiger partial charge >= 0.3 is 5.97 Å². The van der Waals surface area contributed by atoms with Gasteiger partial charge in [-0.05, 0) is 36.4 Å². The monoisotopic (exact) mass is 308 g/mol. The van der Waals surface area contributed by atoms with E-state index in [2.05, 4.69) is 10.2 Å². The second-order valence-electron chi connectivity index (χ2n) is 3.95.